The maximum absolute atomic E-state index is 5.41. The molecule has 1 aliphatic heterocycles. The third-order valence-electron chi connectivity index (χ3n) is 5.43. The third kappa shape index (κ3) is 1.50. The Morgan fingerprint density at radius 3 is 2.75 bits per heavy atom. The summed E-state index contributed by atoms with van der Waals surface area (Å²) < 4.78 is 7.86. The molecule has 0 atom stereocenters. The first-order valence-electron chi connectivity index (χ1n) is 7.62. The Balaban J connectivity index is 1.94. The molecule has 1 N–H and O–H groups in total. The molecule has 3 heteroatoms. The maximum atomic E-state index is 5.41. The summed E-state index contributed by atoms with van der Waals surface area (Å²) in [6, 6.07) is 6.50. The van der Waals surface area contributed by atoms with Crippen molar-refractivity contribution >= 4 is 10.9 Å². The second-order valence-electron chi connectivity index (χ2n) is 6.30. The van der Waals surface area contributed by atoms with E-state index < -0.39 is 0 Å². The molecule has 2 heterocycles. The molecular formula is C17H22N2O. The molecule has 3 nitrogen and oxygen atoms in total. The number of methoxy groups -OCH3 is 1. The van der Waals surface area contributed by atoms with Gasteiger partial charge < -0.3 is 14.6 Å². The van der Waals surface area contributed by atoms with Gasteiger partial charge in [-0.1, -0.05) is 0 Å². The summed E-state index contributed by atoms with van der Waals surface area (Å²) in [6.45, 7) is 2.31. The highest BCUT2D eigenvalue weighted by molar-refractivity contribution is 5.88. The quantitative estimate of drug-likeness (QED) is 0.862. The van der Waals surface area contributed by atoms with Crippen molar-refractivity contribution in [2.45, 2.75) is 31.1 Å². The van der Waals surface area contributed by atoms with E-state index in [1.807, 2.05) is 0 Å². The van der Waals surface area contributed by atoms with Crippen LogP contribution in [0.2, 0.25) is 0 Å². The smallest absolute Gasteiger partial charge is 0.119 e. The molecule has 1 aromatic carbocycles. The second kappa shape index (κ2) is 4.26. The van der Waals surface area contributed by atoms with Crippen molar-refractivity contribution in [3.8, 4) is 5.75 Å². The van der Waals surface area contributed by atoms with Crippen molar-refractivity contribution in [2.75, 3.05) is 20.2 Å². The minimum absolute atomic E-state index is 0.418. The monoisotopic (exact) mass is 270 g/mol. The number of nitrogens with zero attached hydrogens (tertiary/aromatic N) is 1. The molecule has 20 heavy (non-hydrogen) atoms. The van der Waals surface area contributed by atoms with Crippen LogP contribution in [0.3, 0.4) is 0 Å². The van der Waals surface area contributed by atoms with Crippen LogP contribution < -0.4 is 10.1 Å². The number of benzene rings is 1. The number of rotatable bonds is 1. The van der Waals surface area contributed by atoms with Crippen molar-refractivity contribution in [2.24, 2.45) is 7.05 Å². The third-order valence-corrected chi connectivity index (χ3v) is 5.43. The number of aryl methyl sites for hydroxylation is 2. The summed E-state index contributed by atoms with van der Waals surface area (Å²) in [6.07, 6.45) is 5.10. The SMILES string of the molecule is COc1ccc2c(c1)c1c(n2C)C2(CCNCC2)CC1. The van der Waals surface area contributed by atoms with Crippen LogP contribution in [0.25, 0.3) is 10.9 Å². The lowest BCUT2D eigenvalue weighted by atomic mass is 9.76. The van der Waals surface area contributed by atoms with E-state index in [2.05, 4.69) is 35.1 Å². The lowest BCUT2D eigenvalue weighted by Gasteiger charge is -2.35. The van der Waals surface area contributed by atoms with Crippen molar-refractivity contribution in [3.63, 3.8) is 0 Å². The van der Waals surface area contributed by atoms with Crippen LogP contribution in [0.15, 0.2) is 18.2 Å². The van der Waals surface area contributed by atoms with E-state index in [0.717, 1.165) is 18.8 Å². The van der Waals surface area contributed by atoms with E-state index in [1.54, 1.807) is 18.4 Å². The largest absolute Gasteiger partial charge is 0.497 e. The van der Waals surface area contributed by atoms with E-state index in [0.29, 0.717) is 5.41 Å². The topological polar surface area (TPSA) is 26.2 Å². The zero-order valence-electron chi connectivity index (χ0n) is 12.3. The first-order chi connectivity index (χ1) is 9.75. The number of hydrogen-bond acceptors (Lipinski definition) is 2. The first-order valence-corrected chi connectivity index (χ1v) is 7.62. The average Bonchev–Trinajstić information content (AvgIpc) is 2.98. The van der Waals surface area contributed by atoms with Crippen molar-refractivity contribution < 1.29 is 4.74 Å². The van der Waals surface area contributed by atoms with Crippen LogP contribution in [-0.2, 0) is 18.9 Å². The molecule has 1 saturated heterocycles. The molecule has 0 bridgehead atoms. The Morgan fingerprint density at radius 1 is 1.20 bits per heavy atom. The van der Waals surface area contributed by atoms with Crippen molar-refractivity contribution in [1.29, 1.82) is 0 Å². The van der Waals surface area contributed by atoms with Gasteiger partial charge in [-0.2, -0.15) is 0 Å². The average molecular weight is 270 g/mol. The zero-order valence-corrected chi connectivity index (χ0v) is 12.3. The summed E-state index contributed by atoms with van der Waals surface area (Å²) in [4.78, 5) is 0. The van der Waals surface area contributed by atoms with Crippen LogP contribution in [0.4, 0.5) is 0 Å². The van der Waals surface area contributed by atoms with Crippen LogP contribution in [-0.4, -0.2) is 24.8 Å². The Hall–Kier alpha value is -1.48. The fourth-order valence-electron chi connectivity index (χ4n) is 4.43. The number of piperidine rings is 1. The lowest BCUT2D eigenvalue weighted by molar-refractivity contribution is 0.295. The summed E-state index contributed by atoms with van der Waals surface area (Å²) >= 11 is 0. The molecule has 0 radical (unpaired) electrons. The van der Waals surface area contributed by atoms with E-state index in [9.17, 15) is 0 Å². The molecular weight excluding hydrogens is 248 g/mol. The number of hydrogen-bond donors (Lipinski definition) is 1. The summed E-state index contributed by atoms with van der Waals surface area (Å²) in [5.74, 6) is 0.970. The molecule has 4 rings (SSSR count). The van der Waals surface area contributed by atoms with Gasteiger partial charge in [-0.15, -0.1) is 0 Å². The van der Waals surface area contributed by atoms with E-state index in [1.165, 1.54) is 36.6 Å². The van der Waals surface area contributed by atoms with Crippen molar-refractivity contribution in [3.05, 3.63) is 29.5 Å². The molecule has 1 aromatic heterocycles. The lowest BCUT2D eigenvalue weighted by Crippen LogP contribution is -2.39. The Morgan fingerprint density at radius 2 is 2.00 bits per heavy atom. The number of aromatic nitrogens is 1. The van der Waals surface area contributed by atoms with E-state index in [4.69, 9.17) is 4.74 Å². The summed E-state index contributed by atoms with van der Waals surface area (Å²) in [5, 5.41) is 4.91. The molecule has 0 saturated carbocycles. The van der Waals surface area contributed by atoms with Crippen LogP contribution in [0, 0.1) is 0 Å². The predicted octanol–water partition coefficient (Wildman–Crippen LogP) is 2.75. The fourth-order valence-corrected chi connectivity index (χ4v) is 4.43. The molecule has 106 valence electrons. The van der Waals surface area contributed by atoms with Gasteiger partial charge in [0, 0.05) is 29.1 Å². The standard InChI is InChI=1S/C17H22N2O/c1-19-15-4-3-12(20-2)11-14(15)13-5-6-17(16(13)19)7-9-18-10-8-17/h3-4,11,18H,5-10H2,1-2H3. The van der Waals surface area contributed by atoms with Gasteiger partial charge in [0.25, 0.3) is 0 Å². The van der Waals surface area contributed by atoms with Gasteiger partial charge in [-0.05, 0) is 62.5 Å². The van der Waals surface area contributed by atoms with Crippen molar-refractivity contribution in [1.82, 2.24) is 9.88 Å². The fraction of sp³-hybridized carbons (Fsp3) is 0.529. The first kappa shape index (κ1) is 12.3. The highest BCUT2D eigenvalue weighted by atomic mass is 16.5. The number of nitrogens with one attached hydrogen (secondary N) is 1. The second-order valence-corrected chi connectivity index (χ2v) is 6.30. The molecule has 2 aliphatic rings. The van der Waals surface area contributed by atoms with Crippen LogP contribution in [0.5, 0.6) is 5.75 Å². The molecule has 2 aromatic rings. The number of fused-ring (bicyclic) bond motifs is 4. The molecule has 0 unspecified atom stereocenters. The van der Waals surface area contributed by atoms with Gasteiger partial charge in [0.05, 0.1) is 7.11 Å². The summed E-state index contributed by atoms with van der Waals surface area (Å²) in [7, 11) is 3.99. The highest BCUT2D eigenvalue weighted by Crippen LogP contribution is 2.48. The summed E-state index contributed by atoms with van der Waals surface area (Å²) in [5.41, 5.74) is 4.95. The normalized spacial score (nSPS) is 20.5. The molecule has 1 fully saturated rings. The predicted molar refractivity (Wildman–Crippen MR) is 81.6 cm³/mol. The highest BCUT2D eigenvalue weighted by Gasteiger charge is 2.42. The van der Waals surface area contributed by atoms with Crippen LogP contribution >= 0.6 is 0 Å². The van der Waals surface area contributed by atoms with Gasteiger partial charge in [0.2, 0.25) is 0 Å². The Labute approximate surface area is 119 Å². The van der Waals surface area contributed by atoms with Crippen LogP contribution in [0.1, 0.15) is 30.5 Å². The van der Waals surface area contributed by atoms with Gasteiger partial charge in [-0.3, -0.25) is 0 Å². The van der Waals surface area contributed by atoms with Gasteiger partial charge in [0.1, 0.15) is 5.75 Å². The molecule has 1 aliphatic carbocycles. The van der Waals surface area contributed by atoms with E-state index in [-0.39, 0.29) is 0 Å². The van der Waals surface area contributed by atoms with Gasteiger partial charge >= 0.3 is 0 Å². The van der Waals surface area contributed by atoms with Gasteiger partial charge in [-0.25, -0.2) is 0 Å². The Kier molecular flexibility index (Phi) is 2.61. The van der Waals surface area contributed by atoms with Gasteiger partial charge in [0.15, 0.2) is 0 Å². The Bertz CT molecular complexity index is 665. The minimum Gasteiger partial charge on any atom is -0.497 e. The molecule has 0 amide bonds. The maximum Gasteiger partial charge on any atom is 0.119 e. The van der Waals surface area contributed by atoms with E-state index >= 15 is 0 Å². The molecule has 1 spiro atoms. The zero-order chi connectivity index (χ0) is 13.7. The number of ether oxygens (including phenoxy) is 1. The minimum atomic E-state index is 0.418.